The van der Waals surface area contributed by atoms with Crippen molar-refractivity contribution in [2.75, 3.05) is 0 Å². The quantitative estimate of drug-likeness (QED) is 0.187. The van der Waals surface area contributed by atoms with E-state index in [9.17, 15) is 0 Å². The van der Waals surface area contributed by atoms with Crippen LogP contribution in [-0.2, 0) is 0 Å². The summed E-state index contributed by atoms with van der Waals surface area (Å²) in [5.41, 5.74) is 9.10. The molecule has 0 fully saturated rings. The second-order valence-electron chi connectivity index (χ2n) is 13.2. The lowest BCUT2D eigenvalue weighted by Gasteiger charge is -2.15. The van der Waals surface area contributed by atoms with Crippen molar-refractivity contribution in [2.45, 2.75) is 6.92 Å². The average molecular weight is 668 g/mol. The number of hydrogen-bond donors (Lipinski definition) is 0. The number of aryl methyl sites for hydroxylation is 1. The second kappa shape index (κ2) is 10.9. The van der Waals surface area contributed by atoms with Crippen LogP contribution in [0.1, 0.15) is 5.56 Å². The van der Waals surface area contributed by atoms with Crippen LogP contribution in [0.15, 0.2) is 158 Å². The number of fused-ring (bicyclic) bond motifs is 9. The zero-order valence-corrected chi connectivity index (χ0v) is 28.1. The summed E-state index contributed by atoms with van der Waals surface area (Å²) in [7, 11) is 0. The van der Waals surface area contributed by atoms with E-state index < -0.39 is 0 Å². The largest absolute Gasteiger partial charge is 0.293 e. The maximum atomic E-state index is 5.36. The molecule has 7 nitrogen and oxygen atoms in total. The molecule has 5 aromatic heterocycles. The van der Waals surface area contributed by atoms with Crippen LogP contribution in [0, 0.1) is 6.92 Å². The highest BCUT2D eigenvalue weighted by Crippen LogP contribution is 2.37. The van der Waals surface area contributed by atoms with Gasteiger partial charge in [-0.2, -0.15) is 15.0 Å². The summed E-state index contributed by atoms with van der Waals surface area (Å²) in [6.45, 7) is 2.13. The summed E-state index contributed by atoms with van der Waals surface area (Å²) >= 11 is 0. The number of pyridine rings is 1. The van der Waals surface area contributed by atoms with Crippen molar-refractivity contribution >= 4 is 65.5 Å². The summed E-state index contributed by atoms with van der Waals surface area (Å²) in [5.74, 6) is 1.66. The molecule has 5 heterocycles. The van der Waals surface area contributed by atoms with Crippen molar-refractivity contribution in [3.05, 3.63) is 163 Å². The summed E-state index contributed by atoms with van der Waals surface area (Å²) in [4.78, 5) is 21.0. The fourth-order valence-electron chi connectivity index (χ4n) is 8.01. The minimum Gasteiger partial charge on any atom is -0.293 e. The summed E-state index contributed by atoms with van der Waals surface area (Å²) in [6.07, 6.45) is 1.85. The molecule has 0 saturated carbocycles. The molecule has 0 N–H and O–H groups in total. The highest BCUT2D eigenvalue weighted by Gasteiger charge is 2.23. The van der Waals surface area contributed by atoms with E-state index >= 15 is 0 Å². The van der Waals surface area contributed by atoms with Gasteiger partial charge in [0, 0.05) is 44.1 Å². The van der Waals surface area contributed by atoms with Crippen molar-refractivity contribution < 1.29 is 0 Å². The van der Waals surface area contributed by atoms with Crippen molar-refractivity contribution in [2.24, 2.45) is 0 Å². The number of aromatic nitrogens is 7. The highest BCUT2D eigenvalue weighted by atomic mass is 15.3. The summed E-state index contributed by atoms with van der Waals surface area (Å²) in [5, 5.41) is 6.83. The van der Waals surface area contributed by atoms with Gasteiger partial charge in [-0.15, -0.1) is 0 Å². The van der Waals surface area contributed by atoms with E-state index in [0.29, 0.717) is 17.7 Å². The van der Waals surface area contributed by atoms with E-state index in [-0.39, 0.29) is 0 Å². The van der Waals surface area contributed by atoms with Crippen LogP contribution in [0.5, 0.6) is 0 Å². The number of hydrogen-bond acceptors (Lipinski definition) is 4. The molecular formula is C45H29N7. The number of nitrogens with zero attached hydrogens (tertiary/aromatic N) is 7. The molecule has 0 aliphatic heterocycles. The fourth-order valence-corrected chi connectivity index (χ4v) is 8.01. The molecule has 0 aliphatic rings. The van der Waals surface area contributed by atoms with Crippen molar-refractivity contribution in [3.63, 3.8) is 0 Å². The Hall–Kier alpha value is -7.12. The molecule has 0 radical (unpaired) electrons. The van der Waals surface area contributed by atoms with Crippen LogP contribution in [0.4, 0.5) is 0 Å². The van der Waals surface area contributed by atoms with Gasteiger partial charge in [-0.25, -0.2) is 4.98 Å². The average Bonchev–Trinajstić information content (AvgIpc) is 3.83. The van der Waals surface area contributed by atoms with E-state index in [4.69, 9.17) is 19.9 Å². The van der Waals surface area contributed by atoms with Crippen molar-refractivity contribution in [3.8, 4) is 29.0 Å². The molecule has 0 unspecified atom stereocenters. The first-order chi connectivity index (χ1) is 25.7. The Morgan fingerprint density at radius 1 is 0.404 bits per heavy atom. The van der Waals surface area contributed by atoms with Gasteiger partial charge in [-0.3, -0.25) is 13.7 Å². The Balaban J connectivity index is 1.27. The predicted molar refractivity (Wildman–Crippen MR) is 211 cm³/mol. The van der Waals surface area contributed by atoms with Gasteiger partial charge in [0.2, 0.25) is 11.9 Å². The molecule has 0 bridgehead atoms. The van der Waals surface area contributed by atoms with E-state index in [1.54, 1.807) is 0 Å². The van der Waals surface area contributed by atoms with E-state index in [2.05, 4.69) is 160 Å². The molecule has 11 aromatic rings. The third-order valence-corrected chi connectivity index (χ3v) is 10.2. The number of para-hydroxylation sites is 5. The molecule has 0 aliphatic carbocycles. The Morgan fingerprint density at radius 3 is 1.52 bits per heavy atom. The van der Waals surface area contributed by atoms with Crippen LogP contribution in [-0.4, -0.2) is 33.6 Å². The molecule has 244 valence electrons. The maximum absolute atomic E-state index is 5.36. The Labute approximate surface area is 297 Å². The predicted octanol–water partition coefficient (Wildman–Crippen LogP) is 10.5. The normalized spacial score (nSPS) is 11.9. The van der Waals surface area contributed by atoms with Gasteiger partial charge in [-0.1, -0.05) is 96.6 Å². The Morgan fingerprint density at radius 2 is 0.885 bits per heavy atom. The van der Waals surface area contributed by atoms with Crippen LogP contribution in [0.3, 0.4) is 0 Å². The lowest BCUT2D eigenvalue weighted by molar-refractivity contribution is 0.891. The minimum absolute atomic E-state index is 0.547. The van der Waals surface area contributed by atoms with Crippen LogP contribution < -0.4 is 0 Å². The first kappa shape index (κ1) is 28.7. The SMILES string of the molecule is Cc1ccc2c(c1)c1ccccc1n2-c1nc(-c2ccccc2-n2c3ccccc3c3cccnc32)nc(-n2c3ccccc3c3ccccc32)n1. The molecule has 6 aromatic carbocycles. The molecule has 0 amide bonds. The molecule has 0 spiro atoms. The third kappa shape index (κ3) is 4.07. The van der Waals surface area contributed by atoms with Crippen LogP contribution in [0.25, 0.3) is 94.5 Å². The fraction of sp³-hybridized carbons (Fsp3) is 0.0222. The second-order valence-corrected chi connectivity index (χ2v) is 13.2. The third-order valence-electron chi connectivity index (χ3n) is 10.2. The number of rotatable bonds is 4. The summed E-state index contributed by atoms with van der Waals surface area (Å²) in [6, 6.07) is 52.9. The standard InChI is InChI=1S/C45H29N7/c1-28-24-25-41-35(27-28)32-16-5-10-22-39(32)52(41)45-48-42(47-44(49-45)51-37-20-8-2-13-29(37)30-14-3-9-21-38(30)51)34-17-6-11-23-40(34)50-36-19-7-4-15-31(36)33-18-12-26-46-43(33)50/h2-27H,1H3. The van der Waals surface area contributed by atoms with Gasteiger partial charge in [-0.05, 0) is 67.6 Å². The van der Waals surface area contributed by atoms with Gasteiger partial charge >= 0.3 is 0 Å². The molecule has 7 heteroatoms. The zero-order chi connectivity index (χ0) is 34.3. The first-order valence-corrected chi connectivity index (χ1v) is 17.4. The van der Waals surface area contributed by atoms with Gasteiger partial charge in [0.1, 0.15) is 5.65 Å². The van der Waals surface area contributed by atoms with E-state index in [0.717, 1.165) is 76.8 Å². The highest BCUT2D eigenvalue weighted by molar-refractivity contribution is 6.11. The van der Waals surface area contributed by atoms with Gasteiger partial charge in [0.25, 0.3) is 0 Å². The maximum Gasteiger partial charge on any atom is 0.240 e. The van der Waals surface area contributed by atoms with Crippen LogP contribution >= 0.6 is 0 Å². The van der Waals surface area contributed by atoms with Gasteiger partial charge in [0.15, 0.2) is 5.82 Å². The lowest BCUT2D eigenvalue weighted by Crippen LogP contribution is -2.11. The molecule has 0 saturated heterocycles. The zero-order valence-electron chi connectivity index (χ0n) is 28.1. The van der Waals surface area contributed by atoms with Gasteiger partial charge in [0.05, 0.1) is 33.3 Å². The lowest BCUT2D eigenvalue weighted by atomic mass is 10.1. The van der Waals surface area contributed by atoms with Gasteiger partial charge < -0.3 is 0 Å². The van der Waals surface area contributed by atoms with Crippen LogP contribution in [0.2, 0.25) is 0 Å². The summed E-state index contributed by atoms with van der Waals surface area (Å²) < 4.78 is 6.58. The Kier molecular flexibility index (Phi) is 6.04. The number of benzene rings is 6. The monoisotopic (exact) mass is 667 g/mol. The molecule has 52 heavy (non-hydrogen) atoms. The first-order valence-electron chi connectivity index (χ1n) is 17.4. The van der Waals surface area contributed by atoms with Crippen molar-refractivity contribution in [1.82, 2.24) is 33.6 Å². The molecule has 11 rings (SSSR count). The molecule has 0 atom stereocenters. The van der Waals surface area contributed by atoms with E-state index in [1.807, 2.05) is 18.3 Å². The van der Waals surface area contributed by atoms with E-state index in [1.165, 1.54) is 5.56 Å². The topological polar surface area (TPSA) is 66.3 Å². The molecular weight excluding hydrogens is 639 g/mol. The van der Waals surface area contributed by atoms with Crippen molar-refractivity contribution in [1.29, 1.82) is 0 Å². The minimum atomic E-state index is 0.547. The smallest absolute Gasteiger partial charge is 0.240 e. The Bertz CT molecular complexity index is 3110.